The fraction of sp³-hybridized carbons (Fsp3) is 0.300. The van der Waals surface area contributed by atoms with Crippen LogP contribution < -0.4 is 5.73 Å². The molecule has 106 valence electrons. The number of alkyl halides is 2. The molecule has 5 N–H and O–H groups in total. The van der Waals surface area contributed by atoms with Gasteiger partial charge >= 0.3 is 11.6 Å². The molecule has 1 aromatic carbocycles. The smallest absolute Gasteiger partial charge is 0.345 e. The summed E-state index contributed by atoms with van der Waals surface area (Å²) in [6, 6.07) is 3.30. The first-order valence-electron chi connectivity index (χ1n) is 5.07. The number of nitrogens with two attached hydrogens (primary N) is 1. The third-order valence-electron chi connectivity index (χ3n) is 2.44. The summed E-state index contributed by atoms with van der Waals surface area (Å²) in [7, 11) is 0. The van der Waals surface area contributed by atoms with Crippen LogP contribution in [0, 0.1) is 0 Å². The summed E-state index contributed by atoms with van der Waals surface area (Å²) >= 11 is 4.01. The van der Waals surface area contributed by atoms with E-state index in [0.29, 0.717) is 5.56 Å². The molecule has 0 aliphatic rings. The predicted octanol–water partition coefficient (Wildman–Crippen LogP) is 0.984. The third kappa shape index (κ3) is 3.77. The van der Waals surface area contributed by atoms with E-state index >= 15 is 0 Å². The Kier molecular flexibility index (Phi) is 4.76. The van der Waals surface area contributed by atoms with Crippen molar-refractivity contribution in [3.63, 3.8) is 0 Å². The van der Waals surface area contributed by atoms with Crippen molar-refractivity contribution in [1.82, 2.24) is 0 Å². The number of hydrogen-bond acceptors (Lipinski definition) is 3. The van der Waals surface area contributed by atoms with Crippen LogP contribution >= 0.6 is 6.49 Å². The normalized spacial score (nSPS) is 14.2. The van der Waals surface area contributed by atoms with E-state index in [-0.39, 0.29) is 6.42 Å². The highest BCUT2D eigenvalue weighted by molar-refractivity contribution is 8.09. The lowest BCUT2D eigenvalue weighted by molar-refractivity contribution is -0.138. The van der Waals surface area contributed by atoms with Crippen LogP contribution in [0.1, 0.15) is 11.1 Å². The minimum absolute atomic E-state index is 0.0202. The quantitative estimate of drug-likeness (QED) is 0.605. The van der Waals surface area contributed by atoms with Crippen molar-refractivity contribution < 1.29 is 28.5 Å². The highest BCUT2D eigenvalue weighted by atomic mass is 32.5. The van der Waals surface area contributed by atoms with Gasteiger partial charge in [-0.25, -0.2) is 0 Å². The Morgan fingerprint density at radius 2 is 1.84 bits per heavy atom. The minimum Gasteiger partial charge on any atom is -0.480 e. The molecule has 0 fully saturated rings. The summed E-state index contributed by atoms with van der Waals surface area (Å²) in [5.74, 6) is -1.20. The SMILES string of the molecule is N[C@@H](Cc1ccc(C(F)(F)P(O)(O)=S)cc1)C(=O)O. The Hall–Kier alpha value is -0.920. The number of rotatable bonds is 5. The lowest BCUT2D eigenvalue weighted by Gasteiger charge is -2.21. The standard InChI is InChI=1S/C10H12F2NO4PS/c11-10(12,18(16,17)19)7-3-1-6(2-4-7)5-8(13)9(14)15/h1-4,8H,5,13H2,(H,14,15)(H2,16,17,19)/t8-/m0/s1. The van der Waals surface area contributed by atoms with Crippen LogP contribution in [-0.4, -0.2) is 26.9 Å². The summed E-state index contributed by atoms with van der Waals surface area (Å²) < 4.78 is 27.0. The van der Waals surface area contributed by atoms with Gasteiger partial charge < -0.3 is 20.6 Å². The minimum atomic E-state index is -4.77. The molecule has 1 rings (SSSR count). The average molecular weight is 311 g/mol. The summed E-state index contributed by atoms with van der Waals surface area (Å²) in [6.07, 6.45) is -0.0202. The van der Waals surface area contributed by atoms with Crippen LogP contribution in [0.2, 0.25) is 0 Å². The van der Waals surface area contributed by atoms with Gasteiger partial charge in [0.2, 0.25) is 0 Å². The second-order valence-corrected chi connectivity index (χ2v) is 7.11. The van der Waals surface area contributed by atoms with Crippen LogP contribution in [0.5, 0.6) is 0 Å². The molecule has 0 amide bonds. The topological polar surface area (TPSA) is 104 Å². The first kappa shape index (κ1) is 16.1. The van der Waals surface area contributed by atoms with Crippen molar-refractivity contribution in [2.45, 2.75) is 18.1 Å². The molecular weight excluding hydrogens is 299 g/mol. The first-order chi connectivity index (χ1) is 8.55. The zero-order valence-corrected chi connectivity index (χ0v) is 11.2. The molecule has 0 bridgehead atoms. The van der Waals surface area contributed by atoms with E-state index in [4.69, 9.17) is 20.6 Å². The van der Waals surface area contributed by atoms with Gasteiger partial charge in [-0.1, -0.05) is 24.3 Å². The molecule has 0 heterocycles. The van der Waals surface area contributed by atoms with Crippen molar-refractivity contribution in [2.24, 2.45) is 5.73 Å². The van der Waals surface area contributed by atoms with Gasteiger partial charge in [-0.3, -0.25) is 4.79 Å². The molecule has 0 radical (unpaired) electrons. The van der Waals surface area contributed by atoms with E-state index in [2.05, 4.69) is 11.8 Å². The molecule has 0 aliphatic heterocycles. The van der Waals surface area contributed by atoms with Crippen LogP contribution in [-0.2, 0) is 28.7 Å². The van der Waals surface area contributed by atoms with Gasteiger partial charge in [0.05, 0.1) is 0 Å². The van der Waals surface area contributed by atoms with E-state index in [9.17, 15) is 13.6 Å². The van der Waals surface area contributed by atoms with E-state index in [1.807, 2.05) is 0 Å². The Balaban J connectivity index is 2.94. The van der Waals surface area contributed by atoms with E-state index < -0.39 is 29.7 Å². The van der Waals surface area contributed by atoms with Gasteiger partial charge in [0, 0.05) is 5.56 Å². The summed E-state index contributed by atoms with van der Waals surface area (Å²) in [5.41, 5.74) is 1.21. The van der Waals surface area contributed by atoms with Crippen molar-refractivity contribution in [3.8, 4) is 0 Å². The molecule has 0 unspecified atom stereocenters. The number of hydrogen-bond donors (Lipinski definition) is 4. The van der Waals surface area contributed by atoms with E-state index in [0.717, 1.165) is 12.1 Å². The van der Waals surface area contributed by atoms with Crippen LogP contribution in [0.15, 0.2) is 24.3 Å². The largest absolute Gasteiger partial charge is 0.480 e. The molecule has 5 nitrogen and oxygen atoms in total. The maximum absolute atomic E-state index is 13.5. The molecule has 0 aliphatic carbocycles. The van der Waals surface area contributed by atoms with Crippen LogP contribution in [0.4, 0.5) is 8.78 Å². The highest BCUT2D eigenvalue weighted by Crippen LogP contribution is 2.59. The molecule has 0 aromatic heterocycles. The number of halogens is 2. The fourth-order valence-electron chi connectivity index (χ4n) is 1.35. The molecule has 0 saturated heterocycles. The Labute approximate surface area is 112 Å². The number of carbonyl (C=O) groups is 1. The second-order valence-electron chi connectivity index (χ2n) is 3.93. The summed E-state index contributed by atoms with van der Waals surface area (Å²) in [5, 5.41) is 8.61. The number of benzene rings is 1. The third-order valence-corrected chi connectivity index (χ3v) is 4.12. The molecular formula is C10H12F2NO4PS. The Bertz CT molecular complexity index is 517. The van der Waals surface area contributed by atoms with Crippen molar-refractivity contribution in [1.29, 1.82) is 0 Å². The van der Waals surface area contributed by atoms with E-state index in [1.54, 1.807) is 0 Å². The summed E-state index contributed by atoms with van der Waals surface area (Å²) in [6.45, 7) is -4.77. The van der Waals surface area contributed by atoms with Crippen LogP contribution in [0.25, 0.3) is 0 Å². The Morgan fingerprint density at radius 1 is 1.37 bits per heavy atom. The monoisotopic (exact) mass is 311 g/mol. The van der Waals surface area contributed by atoms with Gasteiger partial charge in [0.15, 0.2) is 0 Å². The molecule has 0 saturated carbocycles. The molecule has 19 heavy (non-hydrogen) atoms. The second kappa shape index (κ2) is 5.60. The Morgan fingerprint density at radius 3 is 2.21 bits per heavy atom. The van der Waals surface area contributed by atoms with Crippen LogP contribution in [0.3, 0.4) is 0 Å². The van der Waals surface area contributed by atoms with Gasteiger partial charge in [-0.05, 0) is 23.8 Å². The molecule has 1 aromatic rings. The zero-order chi connectivity index (χ0) is 14.8. The highest BCUT2D eigenvalue weighted by Gasteiger charge is 2.45. The lowest BCUT2D eigenvalue weighted by Crippen LogP contribution is -2.32. The predicted molar refractivity (Wildman–Crippen MR) is 68.4 cm³/mol. The lowest BCUT2D eigenvalue weighted by atomic mass is 10.0. The van der Waals surface area contributed by atoms with Gasteiger partial charge in [0.1, 0.15) is 6.04 Å². The fourth-order valence-corrected chi connectivity index (χ4v) is 2.15. The molecule has 0 spiro atoms. The zero-order valence-electron chi connectivity index (χ0n) is 9.53. The van der Waals surface area contributed by atoms with Crippen molar-refractivity contribution in [3.05, 3.63) is 35.4 Å². The van der Waals surface area contributed by atoms with Gasteiger partial charge in [0.25, 0.3) is 6.49 Å². The van der Waals surface area contributed by atoms with Crippen molar-refractivity contribution >= 4 is 24.3 Å². The van der Waals surface area contributed by atoms with E-state index in [1.165, 1.54) is 12.1 Å². The van der Waals surface area contributed by atoms with Crippen molar-refractivity contribution in [2.75, 3.05) is 0 Å². The van der Waals surface area contributed by atoms with Gasteiger partial charge in [-0.15, -0.1) is 0 Å². The number of carboxylic acid groups (broad SMARTS) is 1. The maximum Gasteiger partial charge on any atom is 0.345 e. The first-order valence-corrected chi connectivity index (χ1v) is 7.77. The number of carboxylic acids is 1. The summed E-state index contributed by atoms with van der Waals surface area (Å²) in [4.78, 5) is 28.4. The average Bonchev–Trinajstić information content (AvgIpc) is 2.28. The number of aliphatic carboxylic acids is 1. The maximum atomic E-state index is 13.5. The molecule has 9 heteroatoms. The molecule has 1 atom stereocenters. The van der Waals surface area contributed by atoms with Gasteiger partial charge in [-0.2, -0.15) is 8.78 Å².